The van der Waals surface area contributed by atoms with Crippen LogP contribution in [0.25, 0.3) is 0 Å². The average molecular weight is 186 g/mol. The number of aryl methyl sites for hydroxylation is 2. The van der Waals surface area contributed by atoms with E-state index >= 15 is 0 Å². The Morgan fingerprint density at radius 3 is 2.85 bits per heavy atom. The molecule has 0 saturated heterocycles. The van der Waals surface area contributed by atoms with Gasteiger partial charge in [-0.25, -0.2) is 4.63 Å². The zero-order valence-corrected chi connectivity index (χ0v) is 7.86. The summed E-state index contributed by atoms with van der Waals surface area (Å²) in [6, 6.07) is 0. The Kier molecular flexibility index (Phi) is 3.85. The fourth-order valence-electron chi connectivity index (χ4n) is 1.06. The first kappa shape index (κ1) is 10.1. The first-order chi connectivity index (χ1) is 6.24. The number of hydrogen-bond acceptors (Lipinski definition) is 5. The topological polar surface area (TPSA) is 68.4 Å². The molecule has 1 aromatic rings. The van der Waals surface area contributed by atoms with Crippen molar-refractivity contribution in [3.05, 3.63) is 11.4 Å². The Hall–Kier alpha value is -0.940. The lowest BCUT2D eigenvalue weighted by atomic mass is 10.1. The molecule has 74 valence electrons. The van der Waals surface area contributed by atoms with Gasteiger partial charge in [0.15, 0.2) is 0 Å². The van der Waals surface area contributed by atoms with Crippen molar-refractivity contribution in [2.75, 3.05) is 13.7 Å². The third-order valence-electron chi connectivity index (χ3n) is 1.82. The summed E-state index contributed by atoms with van der Waals surface area (Å²) in [5.41, 5.74) is 1.58. The summed E-state index contributed by atoms with van der Waals surface area (Å²) in [6.07, 6.45) is 0.837. The molecule has 5 nitrogen and oxygen atoms in total. The molecule has 13 heavy (non-hydrogen) atoms. The molecule has 5 heteroatoms. The molecule has 0 radical (unpaired) electrons. The van der Waals surface area contributed by atoms with Gasteiger partial charge in [0.05, 0.1) is 12.7 Å². The normalized spacial score (nSPS) is 13.2. The van der Waals surface area contributed by atoms with E-state index in [0.29, 0.717) is 19.4 Å². The molecule has 0 aliphatic carbocycles. The molecule has 0 bridgehead atoms. The van der Waals surface area contributed by atoms with Crippen LogP contribution in [0.1, 0.15) is 17.8 Å². The van der Waals surface area contributed by atoms with Crippen molar-refractivity contribution in [1.29, 1.82) is 0 Å². The third kappa shape index (κ3) is 3.12. The molecule has 1 atom stereocenters. The number of aromatic nitrogens is 2. The largest absolute Gasteiger partial charge is 0.391 e. The van der Waals surface area contributed by atoms with Crippen LogP contribution >= 0.6 is 0 Å². The van der Waals surface area contributed by atoms with Gasteiger partial charge in [-0.1, -0.05) is 10.3 Å². The fraction of sp³-hybridized carbons (Fsp3) is 0.750. The number of rotatable bonds is 5. The molecule has 0 amide bonds. The van der Waals surface area contributed by atoms with E-state index in [1.54, 1.807) is 7.11 Å². The summed E-state index contributed by atoms with van der Waals surface area (Å²) in [7, 11) is 1.56. The predicted octanol–water partition coefficient (Wildman–Crippen LogP) is 0.318. The molecule has 0 aliphatic rings. The van der Waals surface area contributed by atoms with Crippen LogP contribution in [0.3, 0.4) is 0 Å². The van der Waals surface area contributed by atoms with Crippen molar-refractivity contribution in [2.45, 2.75) is 25.9 Å². The second kappa shape index (κ2) is 4.94. The Bertz CT molecular complexity index is 249. The smallest absolute Gasteiger partial charge is 0.108 e. The number of aliphatic hydroxyl groups is 1. The van der Waals surface area contributed by atoms with E-state index in [2.05, 4.69) is 14.9 Å². The molecular formula is C8H14N2O3. The SMILES string of the molecule is COCC(O)CCc1nonc1C. The Labute approximate surface area is 76.7 Å². The monoisotopic (exact) mass is 186 g/mol. The van der Waals surface area contributed by atoms with Crippen molar-refractivity contribution < 1.29 is 14.5 Å². The molecule has 1 rings (SSSR count). The van der Waals surface area contributed by atoms with Crippen LogP contribution in [-0.4, -0.2) is 35.2 Å². The predicted molar refractivity (Wildman–Crippen MR) is 45.2 cm³/mol. The Morgan fingerprint density at radius 1 is 1.54 bits per heavy atom. The van der Waals surface area contributed by atoms with Gasteiger partial charge in [0, 0.05) is 7.11 Å². The van der Waals surface area contributed by atoms with Crippen LogP contribution in [0, 0.1) is 6.92 Å². The maximum atomic E-state index is 9.34. The van der Waals surface area contributed by atoms with Crippen molar-refractivity contribution in [2.24, 2.45) is 0 Å². The first-order valence-corrected chi connectivity index (χ1v) is 4.19. The van der Waals surface area contributed by atoms with E-state index < -0.39 is 6.10 Å². The molecule has 1 aromatic heterocycles. The average Bonchev–Trinajstić information content (AvgIpc) is 2.48. The second-order valence-corrected chi connectivity index (χ2v) is 2.94. The third-order valence-corrected chi connectivity index (χ3v) is 1.82. The van der Waals surface area contributed by atoms with Crippen molar-refractivity contribution >= 4 is 0 Å². The fourth-order valence-corrected chi connectivity index (χ4v) is 1.06. The Morgan fingerprint density at radius 2 is 2.31 bits per heavy atom. The first-order valence-electron chi connectivity index (χ1n) is 4.19. The van der Waals surface area contributed by atoms with Gasteiger partial charge in [0.1, 0.15) is 11.4 Å². The number of ether oxygens (including phenoxy) is 1. The van der Waals surface area contributed by atoms with Gasteiger partial charge in [0.25, 0.3) is 0 Å². The molecule has 0 aliphatic heterocycles. The molecule has 1 N–H and O–H groups in total. The zero-order chi connectivity index (χ0) is 9.68. The van der Waals surface area contributed by atoms with Crippen LogP contribution < -0.4 is 0 Å². The van der Waals surface area contributed by atoms with Crippen LogP contribution in [0.2, 0.25) is 0 Å². The standard InChI is InChI=1S/C8H14N2O3/c1-6-8(10-13-9-6)4-3-7(11)5-12-2/h7,11H,3-5H2,1-2H3. The quantitative estimate of drug-likeness (QED) is 0.717. The van der Waals surface area contributed by atoms with Crippen LogP contribution in [-0.2, 0) is 11.2 Å². The highest BCUT2D eigenvalue weighted by molar-refractivity contribution is 5.04. The van der Waals surface area contributed by atoms with E-state index in [-0.39, 0.29) is 0 Å². The van der Waals surface area contributed by atoms with E-state index in [1.807, 2.05) is 6.92 Å². The highest BCUT2D eigenvalue weighted by atomic mass is 16.6. The Balaban J connectivity index is 2.30. The summed E-state index contributed by atoms with van der Waals surface area (Å²) >= 11 is 0. The van der Waals surface area contributed by atoms with Crippen molar-refractivity contribution in [1.82, 2.24) is 10.3 Å². The zero-order valence-electron chi connectivity index (χ0n) is 7.86. The van der Waals surface area contributed by atoms with Gasteiger partial charge in [-0.3, -0.25) is 0 Å². The van der Waals surface area contributed by atoms with Crippen molar-refractivity contribution in [3.8, 4) is 0 Å². The van der Waals surface area contributed by atoms with Crippen LogP contribution in [0.4, 0.5) is 0 Å². The summed E-state index contributed by atoms with van der Waals surface area (Å²) in [5, 5.41) is 16.7. The van der Waals surface area contributed by atoms with Crippen molar-refractivity contribution in [3.63, 3.8) is 0 Å². The highest BCUT2D eigenvalue weighted by Gasteiger charge is 2.08. The molecule has 1 unspecified atom stereocenters. The molecular weight excluding hydrogens is 172 g/mol. The molecule has 0 saturated carbocycles. The van der Waals surface area contributed by atoms with Gasteiger partial charge in [-0.05, 0) is 19.8 Å². The molecule has 0 spiro atoms. The summed E-state index contributed by atoms with van der Waals surface area (Å²) in [6.45, 7) is 2.18. The summed E-state index contributed by atoms with van der Waals surface area (Å²) in [5.74, 6) is 0. The minimum atomic E-state index is -0.443. The van der Waals surface area contributed by atoms with Crippen LogP contribution in [0.5, 0.6) is 0 Å². The number of aliphatic hydroxyl groups excluding tert-OH is 1. The summed E-state index contributed by atoms with van der Waals surface area (Å²) < 4.78 is 9.32. The van der Waals surface area contributed by atoms with E-state index in [0.717, 1.165) is 11.4 Å². The minimum Gasteiger partial charge on any atom is -0.391 e. The van der Waals surface area contributed by atoms with Gasteiger partial charge in [-0.2, -0.15) is 0 Å². The molecule has 0 aromatic carbocycles. The number of methoxy groups -OCH3 is 1. The van der Waals surface area contributed by atoms with E-state index in [1.165, 1.54) is 0 Å². The minimum absolute atomic E-state index is 0.352. The highest BCUT2D eigenvalue weighted by Crippen LogP contribution is 2.06. The molecule has 0 fully saturated rings. The van der Waals surface area contributed by atoms with E-state index in [9.17, 15) is 5.11 Å². The lowest BCUT2D eigenvalue weighted by Gasteiger charge is -2.06. The maximum absolute atomic E-state index is 9.34. The lowest BCUT2D eigenvalue weighted by Crippen LogP contribution is -2.14. The molecule has 1 heterocycles. The lowest BCUT2D eigenvalue weighted by molar-refractivity contribution is 0.0592. The van der Waals surface area contributed by atoms with Gasteiger partial charge in [-0.15, -0.1) is 0 Å². The number of hydrogen-bond donors (Lipinski definition) is 1. The number of nitrogens with zero attached hydrogens (tertiary/aromatic N) is 2. The van der Waals surface area contributed by atoms with Crippen LogP contribution in [0.15, 0.2) is 4.63 Å². The maximum Gasteiger partial charge on any atom is 0.108 e. The van der Waals surface area contributed by atoms with Gasteiger partial charge in [0.2, 0.25) is 0 Å². The summed E-state index contributed by atoms with van der Waals surface area (Å²) in [4.78, 5) is 0. The van der Waals surface area contributed by atoms with Gasteiger partial charge < -0.3 is 9.84 Å². The second-order valence-electron chi connectivity index (χ2n) is 2.94. The van der Waals surface area contributed by atoms with E-state index in [4.69, 9.17) is 4.74 Å². The van der Waals surface area contributed by atoms with Gasteiger partial charge >= 0.3 is 0 Å².